The predicted molar refractivity (Wildman–Crippen MR) is 115 cm³/mol. The van der Waals surface area contributed by atoms with Gasteiger partial charge in [0, 0.05) is 5.56 Å². The van der Waals surface area contributed by atoms with Crippen LogP contribution in [0.2, 0.25) is 0 Å². The van der Waals surface area contributed by atoms with Crippen LogP contribution in [0, 0.1) is 6.92 Å². The van der Waals surface area contributed by atoms with E-state index >= 15 is 0 Å². The van der Waals surface area contributed by atoms with Crippen molar-refractivity contribution in [2.75, 3.05) is 0 Å². The molecule has 5 rings (SSSR count). The minimum atomic E-state index is 0.661. The lowest BCUT2D eigenvalue weighted by Crippen LogP contribution is -1.83. The zero-order valence-electron chi connectivity index (χ0n) is 15.6. The number of aryl methyl sites for hydroxylation is 1. The number of fused-ring (bicyclic) bond motifs is 1. The van der Waals surface area contributed by atoms with E-state index in [-0.39, 0.29) is 0 Å². The number of hydrogen-bond donors (Lipinski definition) is 0. The molecule has 1 heterocycles. The molecule has 28 heavy (non-hydrogen) atoms. The van der Waals surface area contributed by atoms with Crippen molar-refractivity contribution in [3.63, 3.8) is 0 Å². The van der Waals surface area contributed by atoms with Crippen molar-refractivity contribution in [3.05, 3.63) is 103 Å². The zero-order valence-corrected chi connectivity index (χ0v) is 15.6. The smallest absolute Gasteiger partial charge is 0.227 e. The van der Waals surface area contributed by atoms with Gasteiger partial charge in [-0.25, -0.2) is 4.98 Å². The van der Waals surface area contributed by atoms with Gasteiger partial charge in [0.25, 0.3) is 0 Å². The highest BCUT2D eigenvalue weighted by Crippen LogP contribution is 2.30. The normalized spacial score (nSPS) is 11.0. The van der Waals surface area contributed by atoms with E-state index < -0.39 is 0 Å². The highest BCUT2D eigenvalue weighted by molar-refractivity contribution is 5.80. The molecule has 0 bridgehead atoms. The fraction of sp³-hybridized carbons (Fsp3) is 0.0385. The van der Waals surface area contributed by atoms with Crippen LogP contribution in [-0.4, -0.2) is 4.98 Å². The maximum Gasteiger partial charge on any atom is 0.227 e. The number of benzene rings is 4. The van der Waals surface area contributed by atoms with Crippen LogP contribution in [0.3, 0.4) is 0 Å². The quantitative estimate of drug-likeness (QED) is 0.341. The molecule has 0 aliphatic heterocycles. The molecule has 134 valence electrons. The number of rotatable bonds is 3. The third-order valence-corrected chi connectivity index (χ3v) is 5.06. The lowest BCUT2D eigenvalue weighted by molar-refractivity contribution is 0.620. The van der Waals surface area contributed by atoms with Gasteiger partial charge in [-0.2, -0.15) is 0 Å². The van der Waals surface area contributed by atoms with E-state index in [0.29, 0.717) is 5.89 Å². The van der Waals surface area contributed by atoms with E-state index in [1.54, 1.807) is 0 Å². The van der Waals surface area contributed by atoms with Crippen LogP contribution in [-0.2, 0) is 0 Å². The number of nitrogens with zero attached hydrogens (tertiary/aromatic N) is 1. The highest BCUT2D eigenvalue weighted by atomic mass is 16.3. The Hall–Kier alpha value is -3.65. The molecule has 2 nitrogen and oxygen atoms in total. The van der Waals surface area contributed by atoms with Crippen molar-refractivity contribution in [2.45, 2.75) is 6.92 Å². The SMILES string of the molecule is Cc1cccc2oc(-c3ccc(-c4cccc(-c5ccccc5)c4)cc3)nc12. The first-order valence-corrected chi connectivity index (χ1v) is 9.40. The summed E-state index contributed by atoms with van der Waals surface area (Å²) in [6.07, 6.45) is 0. The van der Waals surface area contributed by atoms with Gasteiger partial charge in [0.1, 0.15) is 5.52 Å². The molecule has 0 saturated carbocycles. The molecule has 0 saturated heterocycles. The molecule has 2 heteroatoms. The standard InChI is InChI=1S/C26H19NO/c1-18-7-5-12-24-25(18)27-26(28-24)21-15-13-20(14-16-21)23-11-6-10-22(17-23)19-8-3-2-4-9-19/h2-17H,1H3. The van der Waals surface area contributed by atoms with Crippen molar-refractivity contribution in [1.82, 2.24) is 4.98 Å². The van der Waals surface area contributed by atoms with Crippen LogP contribution in [0.15, 0.2) is 101 Å². The summed E-state index contributed by atoms with van der Waals surface area (Å²) < 4.78 is 5.95. The topological polar surface area (TPSA) is 26.0 Å². The van der Waals surface area contributed by atoms with Gasteiger partial charge in [-0.3, -0.25) is 0 Å². The fourth-order valence-electron chi connectivity index (χ4n) is 3.52. The Morgan fingerprint density at radius 1 is 0.571 bits per heavy atom. The van der Waals surface area contributed by atoms with Gasteiger partial charge in [0.2, 0.25) is 5.89 Å². The lowest BCUT2D eigenvalue weighted by Gasteiger charge is -2.06. The second-order valence-corrected chi connectivity index (χ2v) is 6.96. The Balaban J connectivity index is 1.49. The van der Waals surface area contributed by atoms with E-state index in [1.807, 2.05) is 18.2 Å². The first-order chi connectivity index (χ1) is 13.8. The first-order valence-electron chi connectivity index (χ1n) is 9.40. The summed E-state index contributed by atoms with van der Waals surface area (Å²) in [5.74, 6) is 0.661. The van der Waals surface area contributed by atoms with E-state index in [1.165, 1.54) is 22.3 Å². The molecule has 0 spiro atoms. The zero-order chi connectivity index (χ0) is 18.9. The summed E-state index contributed by atoms with van der Waals surface area (Å²) in [6.45, 7) is 2.05. The fourth-order valence-corrected chi connectivity index (χ4v) is 3.52. The average Bonchev–Trinajstić information content (AvgIpc) is 3.20. The Morgan fingerprint density at radius 3 is 1.89 bits per heavy atom. The second kappa shape index (κ2) is 6.82. The van der Waals surface area contributed by atoms with Crippen LogP contribution >= 0.6 is 0 Å². The molecule has 0 aliphatic rings. The van der Waals surface area contributed by atoms with E-state index in [2.05, 4.69) is 90.8 Å². The van der Waals surface area contributed by atoms with Crippen LogP contribution in [0.1, 0.15) is 5.56 Å². The molecule has 0 unspecified atom stereocenters. The molecule has 1 aromatic heterocycles. The number of hydrogen-bond acceptors (Lipinski definition) is 2. The summed E-state index contributed by atoms with van der Waals surface area (Å²) in [7, 11) is 0. The van der Waals surface area contributed by atoms with E-state index in [4.69, 9.17) is 4.42 Å². The molecule has 0 fully saturated rings. The number of oxazole rings is 1. The third-order valence-electron chi connectivity index (χ3n) is 5.06. The van der Waals surface area contributed by atoms with Crippen molar-refractivity contribution < 1.29 is 4.42 Å². The van der Waals surface area contributed by atoms with Gasteiger partial charge in [-0.1, -0.05) is 72.8 Å². The van der Waals surface area contributed by atoms with Crippen molar-refractivity contribution in [1.29, 1.82) is 0 Å². The molecule has 0 radical (unpaired) electrons. The minimum absolute atomic E-state index is 0.661. The van der Waals surface area contributed by atoms with E-state index in [0.717, 1.165) is 22.2 Å². The van der Waals surface area contributed by atoms with Gasteiger partial charge in [0.15, 0.2) is 5.58 Å². The first kappa shape index (κ1) is 16.5. The molecule has 5 aromatic rings. The maximum atomic E-state index is 5.95. The van der Waals surface area contributed by atoms with Gasteiger partial charge in [0.05, 0.1) is 0 Å². The average molecular weight is 361 g/mol. The van der Waals surface area contributed by atoms with Gasteiger partial charge >= 0.3 is 0 Å². The molecular formula is C26H19NO. The predicted octanol–water partition coefficient (Wildman–Crippen LogP) is 7.14. The Morgan fingerprint density at radius 2 is 1.18 bits per heavy atom. The Bertz CT molecular complexity index is 1250. The summed E-state index contributed by atoms with van der Waals surface area (Å²) in [5, 5.41) is 0. The molecule has 0 aliphatic carbocycles. The minimum Gasteiger partial charge on any atom is -0.436 e. The summed E-state index contributed by atoms with van der Waals surface area (Å²) >= 11 is 0. The van der Waals surface area contributed by atoms with Crippen molar-refractivity contribution >= 4 is 11.1 Å². The van der Waals surface area contributed by atoms with E-state index in [9.17, 15) is 0 Å². The van der Waals surface area contributed by atoms with Crippen LogP contribution in [0.4, 0.5) is 0 Å². The molecular weight excluding hydrogens is 342 g/mol. The summed E-state index contributed by atoms with van der Waals surface area (Å²) in [4.78, 5) is 4.67. The highest BCUT2D eigenvalue weighted by Gasteiger charge is 2.10. The summed E-state index contributed by atoms with van der Waals surface area (Å²) in [6, 6.07) is 33.5. The molecule has 0 amide bonds. The van der Waals surface area contributed by atoms with Crippen LogP contribution in [0.5, 0.6) is 0 Å². The number of para-hydroxylation sites is 1. The van der Waals surface area contributed by atoms with Gasteiger partial charge in [-0.15, -0.1) is 0 Å². The number of aromatic nitrogens is 1. The monoisotopic (exact) mass is 361 g/mol. The van der Waals surface area contributed by atoms with Gasteiger partial charge in [-0.05, 0) is 59.0 Å². The van der Waals surface area contributed by atoms with Crippen molar-refractivity contribution in [3.8, 4) is 33.7 Å². The van der Waals surface area contributed by atoms with Gasteiger partial charge < -0.3 is 4.42 Å². The lowest BCUT2D eigenvalue weighted by atomic mass is 9.98. The second-order valence-electron chi connectivity index (χ2n) is 6.96. The largest absolute Gasteiger partial charge is 0.436 e. The van der Waals surface area contributed by atoms with Crippen LogP contribution < -0.4 is 0 Å². The summed E-state index contributed by atoms with van der Waals surface area (Å²) in [5.41, 5.74) is 8.68. The maximum absolute atomic E-state index is 5.95. The Kier molecular flexibility index (Phi) is 4.02. The Labute approximate surface area is 164 Å². The molecule has 0 N–H and O–H groups in total. The third kappa shape index (κ3) is 2.99. The van der Waals surface area contributed by atoms with Crippen molar-refractivity contribution in [2.24, 2.45) is 0 Å². The molecule has 0 atom stereocenters. The molecule has 4 aromatic carbocycles. The van der Waals surface area contributed by atoms with Crippen LogP contribution in [0.25, 0.3) is 44.8 Å².